The van der Waals surface area contributed by atoms with E-state index < -0.39 is 0 Å². The van der Waals surface area contributed by atoms with Gasteiger partial charge in [-0.2, -0.15) is 5.48 Å². The molecular weight excluding hydrogens is 184 g/mol. The van der Waals surface area contributed by atoms with Crippen LogP contribution in [0.1, 0.15) is 30.7 Å². The molecule has 3 nitrogen and oxygen atoms in total. The maximum Gasteiger partial charge on any atom is 0.109 e. The maximum atomic E-state index is 5.49. The quantitative estimate of drug-likeness (QED) is 0.752. The smallest absolute Gasteiger partial charge is 0.109 e. The number of hydrogen-bond donors (Lipinski definition) is 1. The maximum absolute atomic E-state index is 5.49. The number of hydrogen-bond acceptors (Lipinski definition) is 4. The van der Waals surface area contributed by atoms with Gasteiger partial charge in [0, 0.05) is 11.6 Å². The van der Waals surface area contributed by atoms with Gasteiger partial charge in [-0.25, -0.2) is 4.98 Å². The van der Waals surface area contributed by atoms with Crippen molar-refractivity contribution in [2.24, 2.45) is 0 Å². The van der Waals surface area contributed by atoms with Crippen molar-refractivity contribution in [2.45, 2.75) is 38.3 Å². The van der Waals surface area contributed by atoms with Crippen LogP contribution in [0.25, 0.3) is 0 Å². The second-order valence-electron chi connectivity index (χ2n) is 3.27. The minimum absolute atomic E-state index is 0.431. The average Bonchev–Trinajstić information content (AvgIpc) is 2.75. The summed E-state index contributed by atoms with van der Waals surface area (Å²) in [7, 11) is 0. The van der Waals surface area contributed by atoms with E-state index in [1.165, 1.54) is 25.7 Å². The van der Waals surface area contributed by atoms with Gasteiger partial charge < -0.3 is 0 Å². The van der Waals surface area contributed by atoms with E-state index in [1.54, 1.807) is 11.3 Å². The van der Waals surface area contributed by atoms with Gasteiger partial charge in [-0.3, -0.25) is 4.84 Å². The van der Waals surface area contributed by atoms with E-state index in [-0.39, 0.29) is 0 Å². The molecule has 0 radical (unpaired) electrons. The fraction of sp³-hybridized carbons (Fsp3) is 0.667. The van der Waals surface area contributed by atoms with Gasteiger partial charge >= 0.3 is 0 Å². The van der Waals surface area contributed by atoms with Crippen LogP contribution >= 0.6 is 11.3 Å². The topological polar surface area (TPSA) is 34.1 Å². The van der Waals surface area contributed by atoms with Crippen LogP contribution in [0.2, 0.25) is 0 Å². The van der Waals surface area contributed by atoms with Gasteiger partial charge in [0.2, 0.25) is 0 Å². The Morgan fingerprint density at radius 2 is 2.38 bits per heavy atom. The largest absolute Gasteiger partial charge is 0.298 e. The van der Waals surface area contributed by atoms with E-state index in [0.29, 0.717) is 6.10 Å². The summed E-state index contributed by atoms with van der Waals surface area (Å²) < 4.78 is 0. The van der Waals surface area contributed by atoms with E-state index in [4.69, 9.17) is 4.84 Å². The Bertz CT molecular complexity index is 232. The van der Waals surface area contributed by atoms with Crippen LogP contribution in [0.3, 0.4) is 0 Å². The number of nitrogens with zero attached hydrogens (tertiary/aromatic N) is 1. The van der Waals surface area contributed by atoms with Gasteiger partial charge in [0.25, 0.3) is 0 Å². The first-order valence-electron chi connectivity index (χ1n) is 4.72. The zero-order valence-electron chi connectivity index (χ0n) is 7.53. The van der Waals surface area contributed by atoms with Gasteiger partial charge in [-0.15, -0.1) is 11.3 Å². The molecule has 4 heteroatoms. The Morgan fingerprint density at radius 3 is 3.08 bits per heavy atom. The van der Waals surface area contributed by atoms with Gasteiger partial charge in [0.05, 0.1) is 12.6 Å². The molecule has 72 valence electrons. The molecule has 0 aliphatic heterocycles. The van der Waals surface area contributed by atoms with Crippen molar-refractivity contribution in [1.82, 2.24) is 10.5 Å². The van der Waals surface area contributed by atoms with Gasteiger partial charge in [0.1, 0.15) is 5.01 Å². The van der Waals surface area contributed by atoms with Crippen LogP contribution in [-0.4, -0.2) is 11.1 Å². The van der Waals surface area contributed by atoms with Crippen LogP contribution in [0.5, 0.6) is 0 Å². The van der Waals surface area contributed by atoms with Gasteiger partial charge in [0.15, 0.2) is 0 Å². The second-order valence-corrected chi connectivity index (χ2v) is 4.25. The van der Waals surface area contributed by atoms with Crippen molar-refractivity contribution in [1.29, 1.82) is 0 Å². The third-order valence-corrected chi connectivity index (χ3v) is 3.04. The molecule has 0 amide bonds. The highest BCUT2D eigenvalue weighted by atomic mass is 32.1. The summed E-state index contributed by atoms with van der Waals surface area (Å²) in [6, 6.07) is 0. The van der Waals surface area contributed by atoms with Gasteiger partial charge in [-0.1, -0.05) is 12.8 Å². The Labute approximate surface area is 82.1 Å². The zero-order valence-corrected chi connectivity index (χ0v) is 8.35. The van der Waals surface area contributed by atoms with E-state index >= 15 is 0 Å². The average molecular weight is 198 g/mol. The number of aromatic nitrogens is 1. The Kier molecular flexibility index (Phi) is 3.29. The summed E-state index contributed by atoms with van der Waals surface area (Å²) in [5.41, 5.74) is 2.98. The Morgan fingerprint density at radius 1 is 1.54 bits per heavy atom. The molecular formula is C9H14N2OS. The monoisotopic (exact) mass is 198 g/mol. The summed E-state index contributed by atoms with van der Waals surface area (Å²) in [6.07, 6.45) is 7.26. The first kappa shape index (κ1) is 9.12. The van der Waals surface area contributed by atoms with Crippen LogP contribution in [0, 0.1) is 0 Å². The van der Waals surface area contributed by atoms with E-state index in [2.05, 4.69) is 10.5 Å². The summed E-state index contributed by atoms with van der Waals surface area (Å²) in [6.45, 7) is 0.730. The summed E-state index contributed by atoms with van der Waals surface area (Å²) >= 11 is 1.65. The van der Waals surface area contributed by atoms with E-state index in [0.717, 1.165) is 11.6 Å². The lowest BCUT2D eigenvalue weighted by Gasteiger charge is -2.09. The first-order chi connectivity index (χ1) is 6.45. The molecule has 1 heterocycles. The first-order valence-corrected chi connectivity index (χ1v) is 5.60. The van der Waals surface area contributed by atoms with Gasteiger partial charge in [-0.05, 0) is 12.8 Å². The zero-order chi connectivity index (χ0) is 8.93. The van der Waals surface area contributed by atoms with Crippen molar-refractivity contribution >= 4 is 11.3 Å². The van der Waals surface area contributed by atoms with Crippen LogP contribution in [0.15, 0.2) is 11.6 Å². The lowest BCUT2D eigenvalue weighted by Crippen LogP contribution is -2.21. The lowest BCUT2D eigenvalue weighted by molar-refractivity contribution is -0.0244. The van der Waals surface area contributed by atoms with Crippen molar-refractivity contribution in [3.63, 3.8) is 0 Å². The summed E-state index contributed by atoms with van der Waals surface area (Å²) in [5.74, 6) is 0. The molecule has 0 unspecified atom stereocenters. The van der Waals surface area contributed by atoms with Crippen molar-refractivity contribution in [2.75, 3.05) is 0 Å². The molecule has 2 rings (SSSR count). The molecule has 0 saturated heterocycles. The highest BCUT2D eigenvalue weighted by molar-refractivity contribution is 7.09. The predicted octanol–water partition coefficient (Wildman–Crippen LogP) is 2.11. The molecule has 13 heavy (non-hydrogen) atoms. The molecule has 0 spiro atoms. The SMILES string of the molecule is c1csc(CNOC2CCCC2)n1. The molecule has 0 atom stereocenters. The third kappa shape index (κ3) is 2.76. The number of thiazole rings is 1. The molecule has 1 aromatic rings. The minimum atomic E-state index is 0.431. The number of hydroxylamine groups is 1. The van der Waals surface area contributed by atoms with E-state index in [9.17, 15) is 0 Å². The minimum Gasteiger partial charge on any atom is -0.298 e. The summed E-state index contributed by atoms with van der Waals surface area (Å²) in [4.78, 5) is 9.65. The molecule has 1 aliphatic rings. The highest BCUT2D eigenvalue weighted by Gasteiger charge is 2.15. The van der Waals surface area contributed by atoms with Crippen molar-refractivity contribution < 1.29 is 4.84 Å². The Hall–Kier alpha value is -0.450. The van der Waals surface area contributed by atoms with Crippen LogP contribution in [-0.2, 0) is 11.4 Å². The number of nitrogens with one attached hydrogen (secondary N) is 1. The molecule has 1 aliphatic carbocycles. The van der Waals surface area contributed by atoms with Crippen LogP contribution < -0.4 is 5.48 Å². The van der Waals surface area contributed by atoms with Crippen LogP contribution in [0.4, 0.5) is 0 Å². The molecule has 1 fully saturated rings. The second kappa shape index (κ2) is 4.69. The molecule has 0 bridgehead atoms. The lowest BCUT2D eigenvalue weighted by atomic mass is 10.3. The van der Waals surface area contributed by atoms with Crippen molar-refractivity contribution in [3.05, 3.63) is 16.6 Å². The molecule has 1 N–H and O–H groups in total. The predicted molar refractivity (Wildman–Crippen MR) is 52.3 cm³/mol. The third-order valence-electron chi connectivity index (χ3n) is 2.26. The fourth-order valence-corrected chi connectivity index (χ4v) is 2.11. The molecule has 1 saturated carbocycles. The Balaban J connectivity index is 1.63. The number of rotatable bonds is 4. The standard InChI is InChI=1S/C9H14N2OS/c1-2-4-8(3-1)12-11-7-9-10-5-6-13-9/h5-6,8,11H,1-4,7H2. The summed E-state index contributed by atoms with van der Waals surface area (Å²) in [5, 5.41) is 3.06. The molecule has 0 aromatic carbocycles. The van der Waals surface area contributed by atoms with E-state index in [1.807, 2.05) is 11.6 Å². The molecule has 1 aromatic heterocycles. The van der Waals surface area contributed by atoms with Crippen molar-refractivity contribution in [3.8, 4) is 0 Å². The normalized spacial score (nSPS) is 18.2. The fourth-order valence-electron chi connectivity index (χ4n) is 1.57. The highest BCUT2D eigenvalue weighted by Crippen LogP contribution is 2.19.